The Balaban J connectivity index is 1.14. The number of thiophene rings is 1. The molecule has 3 heterocycles. The molecule has 2 bridgehead atoms. The third-order valence-electron chi connectivity index (χ3n) is 21.9. The van der Waals surface area contributed by atoms with Crippen molar-refractivity contribution in [1.29, 1.82) is 0 Å². The van der Waals surface area contributed by atoms with E-state index in [0.29, 0.717) is 0 Å². The third kappa shape index (κ3) is 6.48. The molecule has 0 spiro atoms. The predicted molar refractivity (Wildman–Crippen MR) is 320 cm³/mol. The minimum absolute atomic E-state index is 0.0467. The molecule has 8 aliphatic rings. The van der Waals surface area contributed by atoms with Crippen LogP contribution in [0.1, 0.15) is 206 Å². The van der Waals surface area contributed by atoms with Crippen LogP contribution in [0.15, 0.2) is 103 Å². The van der Waals surface area contributed by atoms with Gasteiger partial charge in [-0.3, -0.25) is 0 Å². The highest BCUT2D eigenvalue weighted by Gasteiger charge is 2.52. The molecule has 15 rings (SSSR count). The maximum absolute atomic E-state index is 2.78. The highest BCUT2D eigenvalue weighted by atomic mass is 32.1. The summed E-state index contributed by atoms with van der Waals surface area (Å²) >= 11 is 2.08. The fourth-order valence-electron chi connectivity index (χ4n) is 16.3. The summed E-state index contributed by atoms with van der Waals surface area (Å²) in [6, 6.07) is 42.8. The monoisotopic (exact) mass is 991 g/mol. The van der Waals surface area contributed by atoms with Crippen molar-refractivity contribution >= 4 is 78.0 Å². The Bertz CT molecular complexity index is 3570. The summed E-state index contributed by atoms with van der Waals surface area (Å²) in [5, 5.41) is 2.88. The van der Waals surface area contributed by atoms with Crippen LogP contribution in [-0.4, -0.2) is 6.71 Å². The molecular weight excluding hydrogens is 912 g/mol. The number of fused-ring (bicyclic) bond motifs is 11. The van der Waals surface area contributed by atoms with E-state index >= 15 is 0 Å². The molecule has 6 aliphatic carbocycles. The molecule has 0 unspecified atom stereocenters. The minimum Gasteiger partial charge on any atom is -0.311 e. The molecule has 0 N–H and O–H groups in total. The van der Waals surface area contributed by atoms with Crippen molar-refractivity contribution in [3.63, 3.8) is 0 Å². The van der Waals surface area contributed by atoms with Gasteiger partial charge in [0.1, 0.15) is 0 Å². The lowest BCUT2D eigenvalue weighted by Crippen LogP contribution is -2.61. The molecule has 6 aromatic carbocycles. The molecule has 1 fully saturated rings. The number of benzene rings is 6. The Morgan fingerprint density at radius 1 is 0.365 bits per heavy atom. The summed E-state index contributed by atoms with van der Waals surface area (Å²) in [5.74, 6) is 0. The number of anilines is 6. The van der Waals surface area contributed by atoms with Crippen LogP contribution >= 0.6 is 11.3 Å². The maximum Gasteiger partial charge on any atom is 0.254 e. The minimum atomic E-state index is 0.0467. The number of hydrogen-bond donors (Lipinski definition) is 0. The molecule has 0 saturated heterocycles. The van der Waals surface area contributed by atoms with Crippen LogP contribution in [0.25, 0.3) is 21.2 Å². The summed E-state index contributed by atoms with van der Waals surface area (Å²) in [6.07, 6.45) is 12.3. The predicted octanol–water partition coefficient (Wildman–Crippen LogP) is 17.8. The first-order chi connectivity index (χ1) is 34.8. The van der Waals surface area contributed by atoms with E-state index in [1.165, 1.54) is 163 Å². The van der Waals surface area contributed by atoms with E-state index in [9.17, 15) is 0 Å². The molecule has 2 nitrogen and oxygen atoms in total. The van der Waals surface area contributed by atoms with E-state index in [0.717, 1.165) is 0 Å². The molecule has 2 aliphatic heterocycles. The van der Waals surface area contributed by atoms with Crippen LogP contribution in [0, 0.1) is 0 Å². The van der Waals surface area contributed by atoms with E-state index in [1.807, 2.05) is 0 Å². The van der Waals surface area contributed by atoms with Crippen LogP contribution in [0.5, 0.6) is 0 Å². The summed E-state index contributed by atoms with van der Waals surface area (Å²) < 4.78 is 1.45. The first-order valence-corrected chi connectivity index (χ1v) is 29.6. The van der Waals surface area contributed by atoms with E-state index in [2.05, 4.69) is 221 Å². The Morgan fingerprint density at radius 2 is 0.811 bits per heavy atom. The zero-order chi connectivity index (χ0) is 51.7. The van der Waals surface area contributed by atoms with Crippen LogP contribution in [-0.2, 0) is 43.3 Å². The molecule has 0 amide bonds. The van der Waals surface area contributed by atoms with Crippen LogP contribution < -0.4 is 26.2 Å². The second kappa shape index (κ2) is 14.9. The van der Waals surface area contributed by atoms with E-state index in [-0.39, 0.29) is 50.0 Å². The van der Waals surface area contributed by atoms with Crippen molar-refractivity contribution in [3.05, 3.63) is 148 Å². The van der Waals surface area contributed by atoms with Gasteiger partial charge in [0.25, 0.3) is 6.71 Å². The summed E-state index contributed by atoms with van der Waals surface area (Å²) in [7, 11) is 0. The Morgan fingerprint density at radius 3 is 1.34 bits per heavy atom. The van der Waals surface area contributed by atoms with Gasteiger partial charge < -0.3 is 9.80 Å². The van der Waals surface area contributed by atoms with Gasteiger partial charge in [0, 0.05) is 33.1 Å². The zero-order valence-electron chi connectivity index (χ0n) is 47.3. The molecule has 1 saturated carbocycles. The summed E-state index contributed by atoms with van der Waals surface area (Å²) in [6.45, 7) is 35.2. The standard InChI is InChI=1S/C70H79BN2S/c1-63(2)24-26-65(5,6)49-36-44(20-22-47(49)63)72-56-40-52-51(67(9,10)28-29-68(52,11)12)39-55(56)71-60-46-38-53-54(70(14)32-30-69(53,13)31-33-70)41-59(46)74-62(60)73(45-21-23-48-50(37-45)66(7,8)27-25-64(48,3)4)58-35-43(34-57(72)61(58)71)42-18-16-15-17-19-42/h15-23,34-41H,24-33H2,1-14H3. The van der Waals surface area contributed by atoms with Crippen molar-refractivity contribution in [2.24, 2.45) is 0 Å². The number of rotatable bonds is 3. The van der Waals surface area contributed by atoms with Gasteiger partial charge in [0.15, 0.2) is 0 Å². The largest absolute Gasteiger partial charge is 0.311 e. The molecule has 378 valence electrons. The van der Waals surface area contributed by atoms with Crippen molar-refractivity contribution in [1.82, 2.24) is 0 Å². The van der Waals surface area contributed by atoms with Crippen molar-refractivity contribution in [2.75, 3.05) is 9.80 Å². The smallest absolute Gasteiger partial charge is 0.254 e. The molecule has 7 aromatic rings. The number of hydrogen-bond acceptors (Lipinski definition) is 3. The average molecular weight is 991 g/mol. The first kappa shape index (κ1) is 47.4. The summed E-state index contributed by atoms with van der Waals surface area (Å²) in [5.41, 5.74) is 26.9. The second-order valence-electron chi connectivity index (χ2n) is 29.5. The first-order valence-electron chi connectivity index (χ1n) is 28.8. The van der Waals surface area contributed by atoms with Crippen molar-refractivity contribution < 1.29 is 0 Å². The Labute approximate surface area is 448 Å². The third-order valence-corrected chi connectivity index (χ3v) is 23.0. The molecular formula is C70H79BN2S. The highest BCUT2D eigenvalue weighted by molar-refractivity contribution is 7.26. The van der Waals surface area contributed by atoms with Gasteiger partial charge in [-0.15, -0.1) is 11.3 Å². The lowest BCUT2D eigenvalue weighted by molar-refractivity contribution is 0.188. The average Bonchev–Trinajstić information content (AvgIpc) is 3.79. The van der Waals surface area contributed by atoms with Crippen molar-refractivity contribution in [2.45, 2.75) is 204 Å². The van der Waals surface area contributed by atoms with Gasteiger partial charge in [0.2, 0.25) is 0 Å². The molecule has 1 aromatic heterocycles. The van der Waals surface area contributed by atoms with E-state index in [1.54, 1.807) is 16.7 Å². The zero-order valence-corrected chi connectivity index (χ0v) is 48.1. The Hall–Kier alpha value is -5.06. The van der Waals surface area contributed by atoms with Gasteiger partial charge in [-0.05, 0) is 240 Å². The molecule has 0 radical (unpaired) electrons. The Kier molecular flexibility index (Phi) is 9.55. The van der Waals surface area contributed by atoms with Gasteiger partial charge in [-0.25, -0.2) is 0 Å². The molecule has 0 atom stereocenters. The lowest BCUT2D eigenvalue weighted by atomic mass is 9.33. The fraction of sp³-hybridized carbons (Fsp3) is 0.457. The molecule has 4 heteroatoms. The van der Waals surface area contributed by atoms with Crippen LogP contribution in [0.4, 0.5) is 33.4 Å². The second-order valence-corrected chi connectivity index (χ2v) is 30.5. The quantitative estimate of drug-likeness (QED) is 0.163. The topological polar surface area (TPSA) is 6.48 Å². The van der Waals surface area contributed by atoms with Crippen LogP contribution in [0.2, 0.25) is 0 Å². The highest BCUT2D eigenvalue weighted by Crippen LogP contribution is 2.60. The van der Waals surface area contributed by atoms with Gasteiger partial charge in [0.05, 0.1) is 5.00 Å². The van der Waals surface area contributed by atoms with E-state index < -0.39 is 0 Å². The van der Waals surface area contributed by atoms with Gasteiger partial charge in [-0.2, -0.15) is 0 Å². The fourth-order valence-corrected chi connectivity index (χ4v) is 17.6. The maximum atomic E-state index is 2.78. The van der Waals surface area contributed by atoms with Gasteiger partial charge >= 0.3 is 0 Å². The van der Waals surface area contributed by atoms with Crippen LogP contribution in [0.3, 0.4) is 0 Å². The summed E-state index contributed by atoms with van der Waals surface area (Å²) in [4.78, 5) is 5.55. The SMILES string of the molecule is CC1(C)CCC(C)(C)c2cc(N3c4cc5c(cc4B4c6c3cc(-c3ccccc3)cc6N(c3ccc6c(c3)C(C)(C)CCC6(C)C)c3sc6cc7c(cc6c34)C3(C)CCC7(C)CC3)C(C)(C)CCC5(C)C)ccc21. The normalized spacial score (nSPS) is 25.3. The van der Waals surface area contributed by atoms with E-state index in [4.69, 9.17) is 0 Å². The lowest BCUT2D eigenvalue weighted by Gasteiger charge is -2.52. The molecule has 74 heavy (non-hydrogen) atoms. The van der Waals surface area contributed by atoms with Crippen molar-refractivity contribution in [3.8, 4) is 11.1 Å². The number of nitrogens with zero attached hydrogens (tertiary/aromatic N) is 2. The van der Waals surface area contributed by atoms with Gasteiger partial charge in [-0.1, -0.05) is 145 Å².